The third kappa shape index (κ3) is 5.56. The van der Waals surface area contributed by atoms with Crippen LogP contribution >= 0.6 is 22.9 Å². The maximum absolute atomic E-state index is 13.5. The van der Waals surface area contributed by atoms with E-state index in [9.17, 15) is 13.2 Å². The molecular weight excluding hydrogens is 447 g/mol. The van der Waals surface area contributed by atoms with E-state index in [4.69, 9.17) is 21.7 Å². The Labute approximate surface area is 188 Å². The van der Waals surface area contributed by atoms with Crippen molar-refractivity contribution in [3.63, 3.8) is 0 Å². The normalized spacial score (nSPS) is 16.4. The number of hydrogen-bond donors (Lipinski definition) is 2. The highest BCUT2D eigenvalue weighted by Gasteiger charge is 2.35. The van der Waals surface area contributed by atoms with Crippen molar-refractivity contribution in [3.05, 3.63) is 67.6 Å². The van der Waals surface area contributed by atoms with Crippen molar-refractivity contribution < 1.29 is 17.9 Å². The van der Waals surface area contributed by atoms with Gasteiger partial charge in [-0.1, -0.05) is 18.5 Å². The molecule has 2 aromatic rings. The van der Waals surface area contributed by atoms with Crippen molar-refractivity contribution in [2.24, 2.45) is 4.99 Å². The Morgan fingerprint density at radius 3 is 2.74 bits per heavy atom. The Bertz CT molecular complexity index is 992. The standard InChI is InChI=1S/C22H23ClF3N3OS/c1-12(20-9-14-11-29-7-6-19(14)31-20)8-18(21(27)28-3)30-13(2)16-10-15(23)4-5-17(16)22(24,25)26/h4-5,8-10,12-13,27,29H,3,6-7,11H2,1-2H3/b18-8+,27-21?. The molecule has 31 heavy (non-hydrogen) atoms. The molecule has 1 aliphatic heterocycles. The van der Waals surface area contributed by atoms with E-state index in [1.807, 2.05) is 6.92 Å². The van der Waals surface area contributed by atoms with Gasteiger partial charge >= 0.3 is 6.18 Å². The van der Waals surface area contributed by atoms with Gasteiger partial charge in [0.15, 0.2) is 11.6 Å². The van der Waals surface area contributed by atoms with Gasteiger partial charge in [-0.3, -0.25) is 5.41 Å². The van der Waals surface area contributed by atoms with Gasteiger partial charge in [-0.25, -0.2) is 4.99 Å². The molecule has 2 heterocycles. The molecule has 4 nitrogen and oxygen atoms in total. The lowest BCUT2D eigenvalue weighted by Crippen LogP contribution is -2.21. The molecule has 1 aromatic heterocycles. The van der Waals surface area contributed by atoms with Crippen LogP contribution in [0.4, 0.5) is 13.2 Å². The fourth-order valence-corrected chi connectivity index (χ4v) is 4.83. The molecule has 3 rings (SSSR count). The average molecular weight is 470 g/mol. The number of thiophene rings is 1. The highest BCUT2D eigenvalue weighted by Crippen LogP contribution is 2.38. The molecule has 0 saturated heterocycles. The van der Waals surface area contributed by atoms with E-state index in [0.717, 1.165) is 30.5 Å². The molecule has 2 atom stereocenters. The molecule has 0 radical (unpaired) electrons. The first-order chi connectivity index (χ1) is 14.6. The van der Waals surface area contributed by atoms with Crippen LogP contribution in [-0.4, -0.2) is 19.1 Å². The van der Waals surface area contributed by atoms with Crippen molar-refractivity contribution in [1.82, 2.24) is 5.32 Å². The first-order valence-electron chi connectivity index (χ1n) is 9.73. The van der Waals surface area contributed by atoms with Crippen molar-refractivity contribution >= 4 is 35.5 Å². The van der Waals surface area contributed by atoms with Crippen molar-refractivity contribution in [2.45, 2.75) is 45.0 Å². The minimum Gasteiger partial charge on any atom is -0.482 e. The summed E-state index contributed by atoms with van der Waals surface area (Å²) in [7, 11) is 0. The summed E-state index contributed by atoms with van der Waals surface area (Å²) < 4.78 is 46.2. The summed E-state index contributed by atoms with van der Waals surface area (Å²) in [6.45, 7) is 8.57. The van der Waals surface area contributed by atoms with Crippen LogP contribution in [0.3, 0.4) is 0 Å². The van der Waals surface area contributed by atoms with Crippen LogP contribution in [0, 0.1) is 5.41 Å². The Hall–Kier alpha value is -2.16. The van der Waals surface area contributed by atoms with Gasteiger partial charge in [-0.2, -0.15) is 13.2 Å². The Morgan fingerprint density at radius 1 is 1.35 bits per heavy atom. The van der Waals surface area contributed by atoms with Crippen LogP contribution in [-0.2, 0) is 23.9 Å². The molecule has 0 fully saturated rings. The summed E-state index contributed by atoms with van der Waals surface area (Å²) in [5.41, 5.74) is 0.328. The van der Waals surface area contributed by atoms with Crippen molar-refractivity contribution in [1.29, 1.82) is 5.41 Å². The van der Waals surface area contributed by atoms with E-state index >= 15 is 0 Å². The minimum atomic E-state index is -4.55. The smallest absolute Gasteiger partial charge is 0.416 e. The number of halogens is 4. The summed E-state index contributed by atoms with van der Waals surface area (Å²) >= 11 is 7.64. The molecule has 2 unspecified atom stereocenters. The van der Waals surface area contributed by atoms with Crippen molar-refractivity contribution in [3.8, 4) is 0 Å². The predicted molar refractivity (Wildman–Crippen MR) is 119 cm³/mol. The summed E-state index contributed by atoms with van der Waals surface area (Å²) in [6.07, 6.45) is -2.88. The fraction of sp³-hybridized carbons (Fsp3) is 0.364. The van der Waals surface area contributed by atoms with Crippen LogP contribution in [0.25, 0.3) is 0 Å². The number of fused-ring (bicyclic) bond motifs is 1. The zero-order valence-electron chi connectivity index (χ0n) is 17.1. The number of allylic oxidation sites excluding steroid dienone is 1. The lowest BCUT2D eigenvalue weighted by molar-refractivity contribution is -0.139. The number of aliphatic imine (C=N–C) groups is 1. The lowest BCUT2D eigenvalue weighted by Gasteiger charge is -2.22. The van der Waals surface area contributed by atoms with Gasteiger partial charge in [0.1, 0.15) is 6.10 Å². The molecule has 0 bridgehead atoms. The van der Waals surface area contributed by atoms with Crippen LogP contribution in [0.5, 0.6) is 0 Å². The van der Waals surface area contributed by atoms with Gasteiger partial charge in [-0.05, 0) is 56.0 Å². The largest absolute Gasteiger partial charge is 0.482 e. The van der Waals surface area contributed by atoms with Gasteiger partial charge < -0.3 is 10.1 Å². The third-order valence-electron chi connectivity index (χ3n) is 5.06. The first-order valence-corrected chi connectivity index (χ1v) is 10.9. The molecular formula is C22H23ClF3N3OS. The molecule has 166 valence electrons. The summed E-state index contributed by atoms with van der Waals surface area (Å²) in [5.74, 6) is -0.272. The number of rotatable bonds is 6. The van der Waals surface area contributed by atoms with Gasteiger partial charge in [0.05, 0.1) is 5.56 Å². The SMILES string of the molecule is C=NC(=N)/C(=C\C(C)c1cc2c(s1)CCNC2)OC(C)c1cc(Cl)ccc1C(F)(F)F. The highest BCUT2D eigenvalue weighted by atomic mass is 35.5. The van der Waals surface area contributed by atoms with Crippen LogP contribution in [0.2, 0.25) is 5.02 Å². The molecule has 1 aromatic carbocycles. The molecule has 1 aliphatic rings. The number of nitrogens with one attached hydrogen (secondary N) is 2. The zero-order chi connectivity index (χ0) is 22.8. The average Bonchev–Trinajstić information content (AvgIpc) is 3.16. The van der Waals surface area contributed by atoms with Gasteiger partial charge in [-0.15, -0.1) is 11.3 Å². The molecule has 0 aliphatic carbocycles. The summed E-state index contributed by atoms with van der Waals surface area (Å²) in [6, 6.07) is 5.49. The molecule has 2 N–H and O–H groups in total. The quantitative estimate of drug-likeness (QED) is 0.288. The van der Waals surface area contributed by atoms with E-state index in [0.29, 0.717) is 0 Å². The predicted octanol–water partition coefficient (Wildman–Crippen LogP) is 6.51. The Balaban J connectivity index is 1.90. The van der Waals surface area contributed by atoms with E-state index in [-0.39, 0.29) is 28.1 Å². The minimum absolute atomic E-state index is 0.0765. The Morgan fingerprint density at radius 2 is 2.10 bits per heavy atom. The Kier molecular flexibility index (Phi) is 7.24. The molecule has 0 spiro atoms. The van der Waals surface area contributed by atoms with Crippen LogP contribution in [0.1, 0.15) is 52.3 Å². The van der Waals surface area contributed by atoms with Gasteiger partial charge in [0.25, 0.3) is 0 Å². The molecule has 0 saturated carbocycles. The molecule has 9 heteroatoms. The number of nitrogens with zero attached hydrogens (tertiary/aromatic N) is 1. The highest BCUT2D eigenvalue weighted by molar-refractivity contribution is 7.12. The van der Waals surface area contributed by atoms with E-state index in [1.165, 1.54) is 29.5 Å². The fourth-order valence-electron chi connectivity index (χ4n) is 3.44. The summed E-state index contributed by atoms with van der Waals surface area (Å²) in [4.78, 5) is 6.05. The maximum Gasteiger partial charge on any atom is 0.416 e. The number of benzene rings is 1. The maximum atomic E-state index is 13.5. The second-order valence-electron chi connectivity index (χ2n) is 7.34. The number of alkyl halides is 3. The van der Waals surface area contributed by atoms with Crippen LogP contribution < -0.4 is 5.32 Å². The van der Waals surface area contributed by atoms with E-state index in [1.54, 1.807) is 17.4 Å². The van der Waals surface area contributed by atoms with Gasteiger partial charge in [0.2, 0.25) is 0 Å². The second-order valence-corrected chi connectivity index (χ2v) is 8.94. The lowest BCUT2D eigenvalue weighted by atomic mass is 10.0. The zero-order valence-corrected chi connectivity index (χ0v) is 18.7. The molecule has 0 amide bonds. The monoisotopic (exact) mass is 469 g/mol. The topological polar surface area (TPSA) is 57.5 Å². The third-order valence-corrected chi connectivity index (χ3v) is 6.74. The van der Waals surface area contributed by atoms with Crippen molar-refractivity contribution in [2.75, 3.05) is 6.54 Å². The first kappa shape index (κ1) is 23.5. The second kappa shape index (κ2) is 9.54. The number of amidine groups is 1. The number of hydrogen-bond acceptors (Lipinski definition) is 4. The van der Waals surface area contributed by atoms with E-state index < -0.39 is 17.8 Å². The summed E-state index contributed by atoms with van der Waals surface area (Å²) in [5, 5.41) is 11.6. The van der Waals surface area contributed by atoms with E-state index in [2.05, 4.69) is 23.1 Å². The van der Waals surface area contributed by atoms with Crippen LogP contribution in [0.15, 0.2) is 41.1 Å². The number of ether oxygens (including phenoxy) is 1. The van der Waals surface area contributed by atoms with Gasteiger partial charge in [0, 0.05) is 39.3 Å².